The Morgan fingerprint density at radius 2 is 2.26 bits per heavy atom. The van der Waals surface area contributed by atoms with Crippen LogP contribution in [0.4, 0.5) is 5.82 Å². The summed E-state index contributed by atoms with van der Waals surface area (Å²) in [5.74, 6) is 0.428. The van der Waals surface area contributed by atoms with Crippen molar-refractivity contribution in [3.63, 3.8) is 0 Å². The molecule has 0 aromatic carbocycles. The predicted molar refractivity (Wildman–Crippen MR) is 74.2 cm³/mol. The third kappa shape index (κ3) is 3.89. The normalized spacial score (nSPS) is 14.5. The molecular weight excluding hydrogens is 242 g/mol. The number of anilines is 1. The largest absolute Gasteiger partial charge is 0.372 e. The summed E-state index contributed by atoms with van der Waals surface area (Å²) in [6.45, 7) is 4.73. The van der Waals surface area contributed by atoms with E-state index in [-0.39, 0.29) is 5.91 Å². The van der Waals surface area contributed by atoms with Crippen LogP contribution in [0, 0.1) is 0 Å². The monoisotopic (exact) mass is 263 g/mol. The van der Waals surface area contributed by atoms with Crippen LogP contribution < -0.4 is 10.6 Å². The van der Waals surface area contributed by atoms with Crippen LogP contribution in [-0.4, -0.2) is 53.5 Å². The van der Waals surface area contributed by atoms with Gasteiger partial charge < -0.3 is 10.6 Å². The first-order valence-electron chi connectivity index (χ1n) is 6.76. The van der Waals surface area contributed by atoms with E-state index in [0.29, 0.717) is 18.1 Å². The number of nitrogens with zero attached hydrogens (tertiary/aromatic N) is 3. The third-order valence-corrected chi connectivity index (χ3v) is 3.28. The molecule has 6 heteroatoms. The molecule has 1 aromatic heterocycles. The predicted octanol–water partition coefficient (Wildman–Crippen LogP) is 0.732. The molecule has 19 heavy (non-hydrogen) atoms. The van der Waals surface area contributed by atoms with Crippen LogP contribution in [0.2, 0.25) is 0 Å². The second kappa shape index (κ2) is 6.47. The van der Waals surface area contributed by atoms with Gasteiger partial charge in [0.2, 0.25) is 0 Å². The molecule has 0 saturated heterocycles. The van der Waals surface area contributed by atoms with E-state index in [2.05, 4.69) is 32.4 Å². The van der Waals surface area contributed by atoms with Gasteiger partial charge in [0.05, 0.1) is 12.4 Å². The third-order valence-electron chi connectivity index (χ3n) is 3.28. The molecule has 0 unspecified atom stereocenters. The van der Waals surface area contributed by atoms with Crippen LogP contribution in [0.5, 0.6) is 0 Å². The van der Waals surface area contributed by atoms with E-state index in [1.54, 1.807) is 13.2 Å². The number of aromatic nitrogens is 2. The maximum Gasteiger partial charge on any atom is 0.271 e. The molecule has 1 amide bonds. The van der Waals surface area contributed by atoms with E-state index in [1.165, 1.54) is 19.0 Å². The smallest absolute Gasteiger partial charge is 0.271 e. The van der Waals surface area contributed by atoms with Crippen LogP contribution in [-0.2, 0) is 0 Å². The van der Waals surface area contributed by atoms with Crippen molar-refractivity contribution in [3.8, 4) is 0 Å². The van der Waals surface area contributed by atoms with E-state index in [1.807, 2.05) is 0 Å². The topological polar surface area (TPSA) is 70.2 Å². The zero-order valence-electron chi connectivity index (χ0n) is 11.5. The van der Waals surface area contributed by atoms with Crippen molar-refractivity contribution >= 4 is 11.7 Å². The molecular formula is C13H21N5O. The lowest BCUT2D eigenvalue weighted by molar-refractivity contribution is 0.0942. The molecule has 1 fully saturated rings. The zero-order valence-corrected chi connectivity index (χ0v) is 11.5. The molecule has 2 rings (SSSR count). The van der Waals surface area contributed by atoms with Crippen LogP contribution in [0.25, 0.3) is 0 Å². The summed E-state index contributed by atoms with van der Waals surface area (Å²) in [5.41, 5.74) is 0.348. The Morgan fingerprint density at radius 1 is 1.47 bits per heavy atom. The minimum Gasteiger partial charge on any atom is -0.372 e. The number of hydrogen-bond acceptors (Lipinski definition) is 5. The fourth-order valence-corrected chi connectivity index (χ4v) is 2.04. The van der Waals surface area contributed by atoms with Crippen LogP contribution in [0.3, 0.4) is 0 Å². The minimum absolute atomic E-state index is 0.170. The van der Waals surface area contributed by atoms with E-state index in [0.717, 1.165) is 19.1 Å². The van der Waals surface area contributed by atoms with Gasteiger partial charge in [-0.25, -0.2) is 4.98 Å². The Balaban J connectivity index is 1.79. The highest BCUT2D eigenvalue weighted by atomic mass is 16.1. The molecule has 0 radical (unpaired) electrons. The molecule has 0 spiro atoms. The first kappa shape index (κ1) is 13.7. The summed E-state index contributed by atoms with van der Waals surface area (Å²) in [7, 11) is 1.75. The minimum atomic E-state index is -0.170. The fourth-order valence-electron chi connectivity index (χ4n) is 2.04. The molecule has 1 heterocycles. The second-order valence-electron chi connectivity index (χ2n) is 4.66. The van der Waals surface area contributed by atoms with Crippen molar-refractivity contribution in [1.29, 1.82) is 0 Å². The van der Waals surface area contributed by atoms with E-state index in [9.17, 15) is 4.79 Å². The number of carbonyl (C=O) groups excluding carboxylic acids is 1. The molecule has 0 aliphatic heterocycles. The zero-order chi connectivity index (χ0) is 13.7. The van der Waals surface area contributed by atoms with E-state index in [4.69, 9.17) is 0 Å². The molecule has 6 nitrogen and oxygen atoms in total. The SMILES string of the molecule is CCN(CCNC(=O)c1cncc(NC)n1)C1CC1. The highest BCUT2D eigenvalue weighted by molar-refractivity contribution is 5.92. The second-order valence-corrected chi connectivity index (χ2v) is 4.66. The number of hydrogen-bond donors (Lipinski definition) is 2. The Labute approximate surface area is 113 Å². The van der Waals surface area contributed by atoms with E-state index < -0.39 is 0 Å². The van der Waals surface area contributed by atoms with Crippen molar-refractivity contribution in [2.45, 2.75) is 25.8 Å². The number of amides is 1. The van der Waals surface area contributed by atoms with Gasteiger partial charge in [-0.2, -0.15) is 0 Å². The van der Waals surface area contributed by atoms with Gasteiger partial charge in [0.1, 0.15) is 11.5 Å². The maximum atomic E-state index is 11.9. The van der Waals surface area contributed by atoms with Gasteiger partial charge in [-0.05, 0) is 19.4 Å². The number of likely N-dealkylation sites (N-methyl/N-ethyl adjacent to an activating group) is 1. The standard InChI is InChI=1S/C13H21N5O/c1-3-18(10-4-5-10)7-6-16-13(19)11-8-15-9-12(14-2)17-11/h8-10H,3-7H2,1-2H3,(H,14,17)(H,16,19). The molecule has 1 aliphatic carbocycles. The summed E-state index contributed by atoms with van der Waals surface area (Å²) < 4.78 is 0. The number of nitrogens with one attached hydrogen (secondary N) is 2. The summed E-state index contributed by atoms with van der Waals surface area (Å²) in [6.07, 6.45) is 5.65. The average molecular weight is 263 g/mol. The first-order chi connectivity index (χ1) is 9.24. The number of rotatable bonds is 7. The summed E-state index contributed by atoms with van der Waals surface area (Å²) >= 11 is 0. The van der Waals surface area contributed by atoms with Gasteiger partial charge in [-0.15, -0.1) is 0 Å². The lowest BCUT2D eigenvalue weighted by atomic mass is 10.4. The van der Waals surface area contributed by atoms with Gasteiger partial charge in [0.15, 0.2) is 0 Å². The highest BCUT2D eigenvalue weighted by Crippen LogP contribution is 2.25. The van der Waals surface area contributed by atoms with Crippen molar-refractivity contribution in [2.75, 3.05) is 32.0 Å². The molecule has 1 aliphatic rings. The van der Waals surface area contributed by atoms with Gasteiger partial charge in [-0.1, -0.05) is 6.92 Å². The summed E-state index contributed by atoms with van der Waals surface area (Å²) in [5, 5.41) is 5.75. The fraction of sp³-hybridized carbons (Fsp3) is 0.615. The maximum absolute atomic E-state index is 11.9. The van der Waals surface area contributed by atoms with Gasteiger partial charge in [-0.3, -0.25) is 14.7 Å². The first-order valence-corrected chi connectivity index (χ1v) is 6.76. The van der Waals surface area contributed by atoms with Crippen LogP contribution >= 0.6 is 0 Å². The van der Waals surface area contributed by atoms with Gasteiger partial charge >= 0.3 is 0 Å². The van der Waals surface area contributed by atoms with Crippen LogP contribution in [0.15, 0.2) is 12.4 Å². The van der Waals surface area contributed by atoms with Gasteiger partial charge in [0, 0.05) is 26.2 Å². The van der Waals surface area contributed by atoms with Gasteiger partial charge in [0.25, 0.3) is 5.91 Å². The molecule has 0 bridgehead atoms. The average Bonchev–Trinajstić information content (AvgIpc) is 3.28. The number of carbonyl (C=O) groups is 1. The highest BCUT2D eigenvalue weighted by Gasteiger charge is 2.27. The molecule has 0 atom stereocenters. The lowest BCUT2D eigenvalue weighted by Crippen LogP contribution is -2.36. The van der Waals surface area contributed by atoms with E-state index >= 15 is 0 Å². The molecule has 104 valence electrons. The Kier molecular flexibility index (Phi) is 4.68. The van der Waals surface area contributed by atoms with Crippen molar-refractivity contribution in [1.82, 2.24) is 20.2 Å². The molecule has 1 saturated carbocycles. The van der Waals surface area contributed by atoms with Crippen molar-refractivity contribution in [2.24, 2.45) is 0 Å². The summed E-state index contributed by atoms with van der Waals surface area (Å²) in [4.78, 5) is 22.4. The Hall–Kier alpha value is -1.69. The lowest BCUT2D eigenvalue weighted by Gasteiger charge is -2.19. The van der Waals surface area contributed by atoms with Crippen molar-refractivity contribution in [3.05, 3.63) is 18.1 Å². The molecule has 2 N–H and O–H groups in total. The Bertz CT molecular complexity index is 433. The Morgan fingerprint density at radius 3 is 2.89 bits per heavy atom. The molecule has 1 aromatic rings. The summed E-state index contributed by atoms with van der Waals surface area (Å²) in [6, 6.07) is 0.731. The van der Waals surface area contributed by atoms with Crippen LogP contribution in [0.1, 0.15) is 30.3 Å². The van der Waals surface area contributed by atoms with Crippen molar-refractivity contribution < 1.29 is 4.79 Å². The quantitative estimate of drug-likeness (QED) is 0.759.